The van der Waals surface area contributed by atoms with Crippen LogP contribution in [0.1, 0.15) is 0 Å². The summed E-state index contributed by atoms with van der Waals surface area (Å²) in [5.74, 6) is -0.330. The van der Waals surface area contributed by atoms with E-state index in [9.17, 15) is 4.79 Å². The largest absolute Gasteiger partial charge is 0.324 e. The van der Waals surface area contributed by atoms with Gasteiger partial charge in [-0.05, 0) is 12.1 Å². The Morgan fingerprint density at radius 3 is 2.86 bits per heavy atom. The van der Waals surface area contributed by atoms with E-state index in [-0.39, 0.29) is 5.91 Å². The summed E-state index contributed by atoms with van der Waals surface area (Å²) >= 11 is 0. The zero-order valence-electron chi connectivity index (χ0n) is 7.53. The van der Waals surface area contributed by atoms with Crippen LogP contribution in [0.25, 0.3) is 10.9 Å². The highest BCUT2D eigenvalue weighted by Crippen LogP contribution is 2.20. The lowest BCUT2D eigenvalue weighted by Gasteiger charge is -2.04. The van der Waals surface area contributed by atoms with Crippen molar-refractivity contribution in [3.63, 3.8) is 0 Å². The van der Waals surface area contributed by atoms with Gasteiger partial charge in [0.1, 0.15) is 0 Å². The molecule has 1 aromatic carbocycles. The van der Waals surface area contributed by atoms with Crippen LogP contribution in [-0.4, -0.2) is 10.9 Å². The molecule has 3 heteroatoms. The van der Waals surface area contributed by atoms with E-state index in [2.05, 4.69) is 17.2 Å². The molecule has 0 saturated carbocycles. The highest BCUT2D eigenvalue weighted by molar-refractivity contribution is 6.01. The van der Waals surface area contributed by atoms with Gasteiger partial charge in [-0.2, -0.15) is 0 Å². The van der Waals surface area contributed by atoms with Gasteiger partial charge in [-0.3, -0.25) is 9.78 Å². The molecule has 69 valence electrons. The molecule has 1 heterocycles. The van der Waals surface area contributed by atoms with Gasteiger partial charge in [-0.25, -0.2) is 0 Å². The van der Waals surface area contributed by atoms with Gasteiger partial charge in [0.2, 0.25) is 5.91 Å². The maximum Gasteiger partial charge on any atom is 0.224 e. The lowest BCUT2D eigenvalue weighted by molar-refractivity contribution is -0.112. The standard InChI is InChI=1S/C11H9N2O/c1-8(14)13-10-6-2-4-9-5-3-7-12-11(9)10/h2-7H,1H2,(H,13,14). The van der Waals surface area contributed by atoms with Gasteiger partial charge < -0.3 is 5.32 Å². The van der Waals surface area contributed by atoms with E-state index in [1.54, 1.807) is 12.3 Å². The van der Waals surface area contributed by atoms with Crippen LogP contribution in [-0.2, 0) is 4.79 Å². The fourth-order valence-electron chi connectivity index (χ4n) is 1.36. The number of rotatable bonds is 1. The van der Waals surface area contributed by atoms with E-state index in [0.29, 0.717) is 5.69 Å². The van der Waals surface area contributed by atoms with Crippen molar-refractivity contribution in [2.45, 2.75) is 0 Å². The number of nitrogens with zero attached hydrogens (tertiary/aromatic N) is 1. The minimum Gasteiger partial charge on any atom is -0.324 e. The van der Waals surface area contributed by atoms with Crippen molar-refractivity contribution in [3.05, 3.63) is 43.5 Å². The number of hydrogen-bond donors (Lipinski definition) is 1. The molecule has 0 aliphatic carbocycles. The Labute approximate surface area is 81.8 Å². The molecular weight excluding hydrogens is 176 g/mol. The Hall–Kier alpha value is -1.90. The molecular formula is C11H9N2O. The molecule has 14 heavy (non-hydrogen) atoms. The van der Waals surface area contributed by atoms with Crippen molar-refractivity contribution >= 4 is 22.5 Å². The monoisotopic (exact) mass is 185 g/mol. The fraction of sp³-hybridized carbons (Fsp3) is 0. The number of amides is 1. The zero-order valence-corrected chi connectivity index (χ0v) is 7.53. The number of benzene rings is 1. The summed E-state index contributed by atoms with van der Waals surface area (Å²) in [7, 11) is 0. The van der Waals surface area contributed by atoms with Gasteiger partial charge in [0.15, 0.2) is 0 Å². The maximum absolute atomic E-state index is 10.8. The Kier molecular flexibility index (Phi) is 2.14. The summed E-state index contributed by atoms with van der Waals surface area (Å²) in [5.41, 5.74) is 1.48. The number of fused-ring (bicyclic) bond motifs is 1. The van der Waals surface area contributed by atoms with E-state index in [1.165, 1.54) is 0 Å². The molecule has 1 radical (unpaired) electrons. The third kappa shape index (κ3) is 1.57. The van der Waals surface area contributed by atoms with E-state index < -0.39 is 0 Å². The second-order valence-corrected chi connectivity index (χ2v) is 2.93. The molecule has 0 aliphatic heterocycles. The summed E-state index contributed by atoms with van der Waals surface area (Å²) in [6.07, 6.45) is 1.70. The SMILES string of the molecule is [CH2]C(=O)Nc1cccc2cccnc12. The predicted octanol–water partition coefficient (Wildman–Crippen LogP) is 2.01. The number of nitrogens with one attached hydrogen (secondary N) is 1. The third-order valence-electron chi connectivity index (χ3n) is 1.91. The van der Waals surface area contributed by atoms with E-state index in [1.807, 2.05) is 24.3 Å². The molecule has 1 amide bonds. The first-order chi connectivity index (χ1) is 6.77. The van der Waals surface area contributed by atoms with Crippen LogP contribution in [0.2, 0.25) is 0 Å². The lowest BCUT2D eigenvalue weighted by atomic mass is 10.2. The maximum atomic E-state index is 10.8. The van der Waals surface area contributed by atoms with Crippen LogP contribution in [0.15, 0.2) is 36.5 Å². The van der Waals surface area contributed by atoms with Crippen molar-refractivity contribution in [1.29, 1.82) is 0 Å². The zero-order chi connectivity index (χ0) is 9.97. The number of hydrogen-bond acceptors (Lipinski definition) is 2. The molecule has 2 aromatic rings. The Balaban J connectivity index is 2.59. The quantitative estimate of drug-likeness (QED) is 0.738. The highest BCUT2D eigenvalue weighted by atomic mass is 16.1. The second kappa shape index (κ2) is 3.46. The smallest absolute Gasteiger partial charge is 0.224 e. The van der Waals surface area contributed by atoms with Crippen molar-refractivity contribution in [2.24, 2.45) is 0 Å². The molecule has 0 atom stereocenters. The van der Waals surface area contributed by atoms with Crippen LogP contribution in [0.5, 0.6) is 0 Å². The van der Waals surface area contributed by atoms with Gasteiger partial charge in [0.05, 0.1) is 11.2 Å². The van der Waals surface area contributed by atoms with Gasteiger partial charge in [-0.1, -0.05) is 18.2 Å². The third-order valence-corrected chi connectivity index (χ3v) is 1.91. The lowest BCUT2D eigenvalue weighted by Crippen LogP contribution is -2.06. The molecule has 1 N–H and O–H groups in total. The molecule has 0 spiro atoms. The fourth-order valence-corrected chi connectivity index (χ4v) is 1.36. The number of carbonyl (C=O) groups is 1. The topological polar surface area (TPSA) is 42.0 Å². The highest BCUT2D eigenvalue weighted by Gasteiger charge is 2.01. The van der Waals surface area contributed by atoms with Gasteiger partial charge in [0.25, 0.3) is 0 Å². The second-order valence-electron chi connectivity index (χ2n) is 2.93. The van der Waals surface area contributed by atoms with Gasteiger partial charge >= 0.3 is 0 Å². The molecule has 0 fully saturated rings. The van der Waals surface area contributed by atoms with Crippen LogP contribution in [0, 0.1) is 6.92 Å². The Bertz CT molecular complexity index is 474. The van der Waals surface area contributed by atoms with E-state index >= 15 is 0 Å². The van der Waals surface area contributed by atoms with Crippen molar-refractivity contribution in [1.82, 2.24) is 4.98 Å². The Morgan fingerprint density at radius 2 is 2.07 bits per heavy atom. The van der Waals surface area contributed by atoms with Crippen molar-refractivity contribution < 1.29 is 4.79 Å². The normalized spacial score (nSPS) is 10.1. The van der Waals surface area contributed by atoms with Crippen LogP contribution < -0.4 is 5.32 Å². The molecule has 0 unspecified atom stereocenters. The first-order valence-corrected chi connectivity index (χ1v) is 4.24. The number of carbonyl (C=O) groups excluding carboxylic acids is 1. The van der Waals surface area contributed by atoms with Crippen molar-refractivity contribution in [2.75, 3.05) is 5.32 Å². The summed E-state index contributed by atoms with van der Waals surface area (Å²) in [6, 6.07) is 9.42. The van der Waals surface area contributed by atoms with E-state index in [0.717, 1.165) is 10.9 Å². The number of aromatic nitrogens is 1. The predicted molar refractivity (Wildman–Crippen MR) is 55.7 cm³/mol. The first kappa shape index (κ1) is 8.69. The van der Waals surface area contributed by atoms with Gasteiger partial charge in [-0.15, -0.1) is 0 Å². The molecule has 0 aliphatic rings. The molecule has 1 aromatic heterocycles. The van der Waals surface area contributed by atoms with Gasteiger partial charge in [0, 0.05) is 18.5 Å². The molecule has 2 rings (SSSR count). The summed E-state index contributed by atoms with van der Waals surface area (Å²) in [5, 5.41) is 3.63. The first-order valence-electron chi connectivity index (χ1n) is 4.24. The summed E-state index contributed by atoms with van der Waals surface area (Å²) < 4.78 is 0. The van der Waals surface area contributed by atoms with Crippen molar-refractivity contribution in [3.8, 4) is 0 Å². The van der Waals surface area contributed by atoms with Crippen LogP contribution >= 0.6 is 0 Å². The van der Waals surface area contributed by atoms with E-state index in [4.69, 9.17) is 0 Å². The molecule has 0 saturated heterocycles. The summed E-state index contributed by atoms with van der Waals surface area (Å²) in [6.45, 7) is 3.26. The number of anilines is 1. The van der Waals surface area contributed by atoms with Crippen LogP contribution in [0.3, 0.4) is 0 Å². The minimum atomic E-state index is -0.330. The minimum absolute atomic E-state index is 0.330. The average Bonchev–Trinajstić information content (AvgIpc) is 2.18. The molecule has 0 bridgehead atoms. The summed E-state index contributed by atoms with van der Waals surface area (Å²) in [4.78, 5) is 15.0. The van der Waals surface area contributed by atoms with Crippen LogP contribution in [0.4, 0.5) is 5.69 Å². The molecule has 3 nitrogen and oxygen atoms in total. The Morgan fingerprint density at radius 1 is 1.29 bits per heavy atom. The number of pyridine rings is 1. The number of para-hydroxylation sites is 1. The average molecular weight is 185 g/mol.